The van der Waals surface area contributed by atoms with Crippen molar-refractivity contribution in [2.45, 2.75) is 19.1 Å². The maximum absolute atomic E-state index is 12.2. The van der Waals surface area contributed by atoms with Crippen LogP contribution in [0.5, 0.6) is 0 Å². The number of anilines is 1. The smallest absolute Gasteiger partial charge is 0.359 e. The molecule has 9 heteroatoms. The van der Waals surface area contributed by atoms with Gasteiger partial charge in [0, 0.05) is 26.2 Å². The second-order valence-electron chi connectivity index (χ2n) is 4.53. The summed E-state index contributed by atoms with van der Waals surface area (Å²) in [6.07, 6.45) is -1.99. The van der Waals surface area contributed by atoms with E-state index in [1.165, 1.54) is 18.1 Å². The first-order chi connectivity index (χ1) is 9.30. The van der Waals surface area contributed by atoms with Crippen LogP contribution >= 0.6 is 0 Å². The standard InChI is InChI=1S/C11H13F3N4O2/c1-15-10(20)7-2-9(19)18(4-7)8-3-16-17(5-8)6-11(12,13)14/h3,5,7H,2,4,6H2,1H3,(H,15,20)/t7-/m1/s1. The number of hydrogen-bond donors (Lipinski definition) is 1. The molecule has 1 atom stereocenters. The summed E-state index contributed by atoms with van der Waals surface area (Å²) < 4.78 is 37.4. The van der Waals surface area contributed by atoms with Gasteiger partial charge in [0.15, 0.2) is 0 Å². The van der Waals surface area contributed by atoms with Gasteiger partial charge in [-0.2, -0.15) is 18.3 Å². The molecular formula is C11H13F3N4O2. The van der Waals surface area contributed by atoms with E-state index in [0.717, 1.165) is 10.9 Å². The Bertz CT molecular complexity index is 526. The number of alkyl halides is 3. The van der Waals surface area contributed by atoms with Crippen LogP contribution in [0, 0.1) is 5.92 Å². The molecule has 2 heterocycles. The van der Waals surface area contributed by atoms with Crippen LogP contribution in [0.25, 0.3) is 0 Å². The molecule has 0 spiro atoms. The molecule has 1 aromatic rings. The third-order valence-corrected chi connectivity index (χ3v) is 3.01. The number of carbonyl (C=O) groups is 2. The largest absolute Gasteiger partial charge is 0.408 e. The monoisotopic (exact) mass is 290 g/mol. The Morgan fingerprint density at radius 3 is 2.85 bits per heavy atom. The van der Waals surface area contributed by atoms with Gasteiger partial charge >= 0.3 is 6.18 Å². The third kappa shape index (κ3) is 3.09. The molecule has 0 radical (unpaired) electrons. The van der Waals surface area contributed by atoms with Gasteiger partial charge in [0.1, 0.15) is 6.54 Å². The van der Waals surface area contributed by atoms with E-state index >= 15 is 0 Å². The molecule has 0 aliphatic carbocycles. The highest BCUT2D eigenvalue weighted by Gasteiger charge is 2.35. The van der Waals surface area contributed by atoms with Gasteiger partial charge in [-0.15, -0.1) is 0 Å². The van der Waals surface area contributed by atoms with Gasteiger partial charge in [0.25, 0.3) is 0 Å². The summed E-state index contributed by atoms with van der Waals surface area (Å²) in [4.78, 5) is 24.5. The minimum atomic E-state index is -4.37. The van der Waals surface area contributed by atoms with E-state index in [2.05, 4.69) is 10.4 Å². The van der Waals surface area contributed by atoms with Crippen LogP contribution in [0.15, 0.2) is 12.4 Å². The normalized spacial score (nSPS) is 19.5. The molecule has 1 aliphatic rings. The fourth-order valence-corrected chi connectivity index (χ4v) is 2.10. The van der Waals surface area contributed by atoms with E-state index < -0.39 is 18.6 Å². The topological polar surface area (TPSA) is 67.2 Å². The van der Waals surface area contributed by atoms with Crippen molar-refractivity contribution in [3.05, 3.63) is 12.4 Å². The van der Waals surface area contributed by atoms with Gasteiger partial charge in [-0.25, -0.2) is 0 Å². The molecular weight excluding hydrogens is 277 g/mol. The van der Waals surface area contributed by atoms with Gasteiger partial charge in [-0.1, -0.05) is 0 Å². The highest BCUT2D eigenvalue weighted by molar-refractivity contribution is 6.00. The predicted octanol–water partition coefficient (Wildman–Crippen LogP) is 0.544. The van der Waals surface area contributed by atoms with Crippen LogP contribution in [0.3, 0.4) is 0 Å². The van der Waals surface area contributed by atoms with Crippen molar-refractivity contribution in [1.29, 1.82) is 0 Å². The Labute approximate surface area is 112 Å². The number of carbonyl (C=O) groups excluding carboxylic acids is 2. The van der Waals surface area contributed by atoms with Crippen molar-refractivity contribution in [3.63, 3.8) is 0 Å². The first kappa shape index (κ1) is 14.4. The number of amides is 2. The van der Waals surface area contributed by atoms with E-state index in [-0.39, 0.29) is 30.5 Å². The SMILES string of the molecule is CNC(=O)[C@@H]1CC(=O)N(c2cnn(CC(F)(F)F)c2)C1. The lowest BCUT2D eigenvalue weighted by atomic mass is 10.1. The Hall–Kier alpha value is -2.06. The van der Waals surface area contributed by atoms with Crippen molar-refractivity contribution in [2.75, 3.05) is 18.5 Å². The zero-order chi connectivity index (χ0) is 14.9. The molecule has 1 aromatic heterocycles. The van der Waals surface area contributed by atoms with Gasteiger partial charge in [0.05, 0.1) is 17.8 Å². The number of aromatic nitrogens is 2. The number of nitrogens with one attached hydrogen (secondary N) is 1. The summed E-state index contributed by atoms with van der Waals surface area (Å²) in [6, 6.07) is 0. The Morgan fingerprint density at radius 2 is 2.25 bits per heavy atom. The number of nitrogens with zero attached hydrogens (tertiary/aromatic N) is 3. The van der Waals surface area contributed by atoms with E-state index in [1.54, 1.807) is 0 Å². The van der Waals surface area contributed by atoms with Crippen molar-refractivity contribution < 1.29 is 22.8 Å². The number of hydrogen-bond acceptors (Lipinski definition) is 3. The molecule has 2 amide bonds. The summed E-state index contributed by atoms with van der Waals surface area (Å²) >= 11 is 0. The Kier molecular flexibility index (Phi) is 3.69. The minimum Gasteiger partial charge on any atom is -0.359 e. The lowest BCUT2D eigenvalue weighted by Crippen LogP contribution is -2.30. The molecule has 6 nitrogen and oxygen atoms in total. The molecule has 1 aliphatic heterocycles. The number of halogens is 3. The zero-order valence-electron chi connectivity index (χ0n) is 10.6. The van der Waals surface area contributed by atoms with Crippen molar-refractivity contribution in [1.82, 2.24) is 15.1 Å². The highest BCUT2D eigenvalue weighted by Crippen LogP contribution is 2.25. The van der Waals surface area contributed by atoms with Crippen LogP contribution in [0.1, 0.15) is 6.42 Å². The van der Waals surface area contributed by atoms with E-state index in [9.17, 15) is 22.8 Å². The fourth-order valence-electron chi connectivity index (χ4n) is 2.10. The summed E-state index contributed by atoms with van der Waals surface area (Å²) in [7, 11) is 1.47. The second-order valence-corrected chi connectivity index (χ2v) is 4.53. The van der Waals surface area contributed by atoms with Gasteiger partial charge in [0.2, 0.25) is 11.8 Å². The Balaban J connectivity index is 2.09. The zero-order valence-corrected chi connectivity index (χ0v) is 10.6. The van der Waals surface area contributed by atoms with Crippen LogP contribution in [0.4, 0.5) is 18.9 Å². The van der Waals surface area contributed by atoms with E-state index in [4.69, 9.17) is 0 Å². The molecule has 1 fully saturated rings. The van der Waals surface area contributed by atoms with Gasteiger partial charge in [-0.3, -0.25) is 14.3 Å². The second kappa shape index (κ2) is 5.14. The minimum absolute atomic E-state index is 0.0458. The first-order valence-electron chi connectivity index (χ1n) is 5.91. The molecule has 1 N–H and O–H groups in total. The average molecular weight is 290 g/mol. The first-order valence-corrected chi connectivity index (χ1v) is 5.91. The molecule has 1 saturated heterocycles. The van der Waals surface area contributed by atoms with Gasteiger partial charge < -0.3 is 10.2 Å². The maximum Gasteiger partial charge on any atom is 0.408 e. The molecule has 2 rings (SSSR count). The van der Waals surface area contributed by atoms with Crippen LogP contribution in [0.2, 0.25) is 0 Å². The Morgan fingerprint density at radius 1 is 1.55 bits per heavy atom. The third-order valence-electron chi connectivity index (χ3n) is 3.01. The van der Waals surface area contributed by atoms with Crippen molar-refractivity contribution in [2.24, 2.45) is 5.92 Å². The van der Waals surface area contributed by atoms with Crippen molar-refractivity contribution in [3.8, 4) is 0 Å². The quantitative estimate of drug-likeness (QED) is 0.883. The molecule has 0 saturated carbocycles. The van der Waals surface area contributed by atoms with E-state index in [1.807, 2.05) is 0 Å². The predicted molar refractivity (Wildman–Crippen MR) is 62.8 cm³/mol. The lowest BCUT2D eigenvalue weighted by molar-refractivity contribution is -0.142. The fraction of sp³-hybridized carbons (Fsp3) is 0.545. The van der Waals surface area contributed by atoms with Crippen LogP contribution in [-0.4, -0.2) is 41.4 Å². The highest BCUT2D eigenvalue weighted by atomic mass is 19.4. The van der Waals surface area contributed by atoms with Crippen molar-refractivity contribution >= 4 is 17.5 Å². The maximum atomic E-state index is 12.2. The van der Waals surface area contributed by atoms with Crippen LogP contribution < -0.4 is 10.2 Å². The summed E-state index contributed by atoms with van der Waals surface area (Å²) in [5.41, 5.74) is 0.269. The molecule has 0 aromatic carbocycles. The lowest BCUT2D eigenvalue weighted by Gasteiger charge is -2.13. The summed E-state index contributed by atoms with van der Waals surface area (Å²) in [5.74, 6) is -1.05. The summed E-state index contributed by atoms with van der Waals surface area (Å²) in [5, 5.41) is 6.02. The van der Waals surface area contributed by atoms with Crippen LogP contribution in [-0.2, 0) is 16.1 Å². The molecule has 110 valence electrons. The van der Waals surface area contributed by atoms with E-state index in [0.29, 0.717) is 0 Å². The molecule has 0 bridgehead atoms. The molecule has 0 unspecified atom stereocenters. The average Bonchev–Trinajstić information content (AvgIpc) is 2.92. The molecule has 20 heavy (non-hydrogen) atoms. The number of rotatable bonds is 3. The summed E-state index contributed by atoms with van der Waals surface area (Å²) in [6.45, 7) is -1.07. The van der Waals surface area contributed by atoms with Gasteiger partial charge in [-0.05, 0) is 0 Å².